The van der Waals surface area contributed by atoms with E-state index in [2.05, 4.69) is 36.9 Å². The first-order valence-electron chi connectivity index (χ1n) is 11.2. The molecule has 3 aromatic heterocycles. The fraction of sp³-hybridized carbons (Fsp3) is 0.120. The van der Waals surface area contributed by atoms with E-state index in [-0.39, 0.29) is 5.92 Å². The summed E-state index contributed by atoms with van der Waals surface area (Å²) in [5.41, 5.74) is 7.13. The van der Waals surface area contributed by atoms with Crippen molar-refractivity contribution in [2.24, 2.45) is 0 Å². The Morgan fingerprint density at radius 2 is 1.94 bits per heavy atom. The maximum absolute atomic E-state index is 10.8. The van der Waals surface area contributed by atoms with Crippen LogP contribution in [0.3, 0.4) is 0 Å². The Morgan fingerprint density at radius 3 is 2.72 bits per heavy atom. The smallest absolute Gasteiger partial charge is 0.409 e. The maximum Gasteiger partial charge on any atom is 0.409 e. The molecule has 1 aliphatic rings. The number of imidazole rings is 1. The van der Waals surface area contributed by atoms with Crippen LogP contribution < -0.4 is 5.32 Å². The minimum atomic E-state index is -1.09. The van der Waals surface area contributed by atoms with Crippen LogP contribution in [0.1, 0.15) is 29.4 Å². The van der Waals surface area contributed by atoms with Gasteiger partial charge in [0.05, 0.1) is 29.2 Å². The van der Waals surface area contributed by atoms with Gasteiger partial charge in [0.15, 0.2) is 0 Å². The molecule has 0 bridgehead atoms. The molecule has 1 unspecified atom stereocenters. The molecule has 2 aromatic carbocycles. The Bertz CT molecular complexity index is 1560. The number of amides is 1. The number of pyridine rings is 1. The van der Waals surface area contributed by atoms with Gasteiger partial charge in [-0.1, -0.05) is 23.7 Å². The zero-order valence-corrected chi connectivity index (χ0v) is 19.5. The molecule has 178 valence electrons. The van der Waals surface area contributed by atoms with Crippen molar-refractivity contribution in [3.63, 3.8) is 0 Å². The van der Waals surface area contributed by atoms with Crippen LogP contribution in [0, 0.1) is 0 Å². The number of hydrogen-bond donors (Lipinski definition) is 3. The van der Waals surface area contributed by atoms with Gasteiger partial charge in [-0.05, 0) is 70.8 Å². The average Bonchev–Trinajstić information content (AvgIpc) is 3.64. The number of aromatic amines is 1. The summed E-state index contributed by atoms with van der Waals surface area (Å²) < 4.78 is 1.61. The second kappa shape index (κ2) is 8.90. The van der Waals surface area contributed by atoms with Gasteiger partial charge in [-0.15, -0.1) is 5.10 Å². The van der Waals surface area contributed by atoms with Crippen LogP contribution in [0.5, 0.6) is 0 Å². The standard InChI is InChI=1S/C25H19ClN8O2/c26-17-4-8-22(34-13-29-32-33-34)20(10-17)16-9-15-3-7-19(23(15)27-11-16)24-28-12-21(31-24)14-1-5-18(6-2-14)30-25(35)36/h1-2,4-6,8-13,19,30H,3,7H2,(H,28,31)(H,35,36). The fourth-order valence-electron chi connectivity index (χ4n) is 4.61. The molecule has 0 aliphatic heterocycles. The lowest BCUT2D eigenvalue weighted by Crippen LogP contribution is -2.06. The molecule has 6 rings (SSSR count). The second-order valence-corrected chi connectivity index (χ2v) is 8.90. The normalized spacial score (nSPS) is 14.5. The van der Waals surface area contributed by atoms with Gasteiger partial charge >= 0.3 is 6.09 Å². The van der Waals surface area contributed by atoms with Crippen LogP contribution in [0.2, 0.25) is 5.02 Å². The van der Waals surface area contributed by atoms with Gasteiger partial charge in [-0.3, -0.25) is 10.3 Å². The lowest BCUT2D eigenvalue weighted by molar-refractivity contribution is 0.209. The lowest BCUT2D eigenvalue weighted by Gasteiger charge is -2.12. The molecule has 3 N–H and O–H groups in total. The van der Waals surface area contributed by atoms with E-state index in [1.54, 1.807) is 29.3 Å². The predicted molar refractivity (Wildman–Crippen MR) is 133 cm³/mol. The third-order valence-corrected chi connectivity index (χ3v) is 6.51. The third-order valence-electron chi connectivity index (χ3n) is 6.27. The Labute approximate surface area is 210 Å². The Hall–Kier alpha value is -4.57. The summed E-state index contributed by atoms with van der Waals surface area (Å²) in [6, 6.07) is 14.9. The molecule has 1 amide bonds. The molecule has 0 saturated carbocycles. The molecule has 1 aliphatic carbocycles. The molecular formula is C25H19ClN8O2. The number of tetrazole rings is 1. The molecule has 0 saturated heterocycles. The van der Waals surface area contributed by atoms with E-state index < -0.39 is 6.09 Å². The van der Waals surface area contributed by atoms with Gasteiger partial charge in [0.25, 0.3) is 0 Å². The first-order chi connectivity index (χ1) is 17.5. The highest BCUT2D eigenvalue weighted by molar-refractivity contribution is 6.31. The van der Waals surface area contributed by atoms with Gasteiger partial charge in [-0.2, -0.15) is 4.68 Å². The lowest BCUT2D eigenvalue weighted by atomic mass is 10.0. The SMILES string of the molecule is O=C(O)Nc1ccc(-c2cnc(C3CCc4cc(-c5cc(Cl)ccc5-n5cnnn5)cnc43)[nH]2)cc1. The maximum atomic E-state index is 10.8. The van der Waals surface area contributed by atoms with Crippen LogP contribution in [0.15, 0.2) is 67.3 Å². The molecule has 11 heteroatoms. The second-order valence-electron chi connectivity index (χ2n) is 8.47. The summed E-state index contributed by atoms with van der Waals surface area (Å²) in [5, 5.41) is 23.3. The monoisotopic (exact) mass is 498 g/mol. The predicted octanol–water partition coefficient (Wildman–Crippen LogP) is 4.94. The first kappa shape index (κ1) is 21.9. The molecule has 0 fully saturated rings. The zero-order chi connectivity index (χ0) is 24.6. The topological polar surface area (TPSA) is 134 Å². The quantitative estimate of drug-likeness (QED) is 0.312. The average molecular weight is 499 g/mol. The summed E-state index contributed by atoms with van der Waals surface area (Å²) in [6.45, 7) is 0. The molecule has 3 heterocycles. The highest BCUT2D eigenvalue weighted by atomic mass is 35.5. The van der Waals surface area contributed by atoms with Crippen LogP contribution >= 0.6 is 11.6 Å². The molecule has 5 aromatic rings. The number of aromatic nitrogens is 7. The van der Waals surface area contributed by atoms with Gasteiger partial charge in [0, 0.05) is 28.0 Å². The number of nitrogens with zero attached hydrogens (tertiary/aromatic N) is 6. The van der Waals surface area contributed by atoms with Gasteiger partial charge in [0.1, 0.15) is 12.2 Å². The van der Waals surface area contributed by atoms with E-state index in [4.69, 9.17) is 21.7 Å². The van der Waals surface area contributed by atoms with Crippen LogP contribution in [-0.4, -0.2) is 46.4 Å². The van der Waals surface area contributed by atoms with E-state index in [1.807, 2.05) is 36.5 Å². The van der Waals surface area contributed by atoms with E-state index in [1.165, 1.54) is 5.56 Å². The summed E-state index contributed by atoms with van der Waals surface area (Å²) in [4.78, 5) is 23.7. The largest absolute Gasteiger partial charge is 0.465 e. The van der Waals surface area contributed by atoms with Crippen molar-refractivity contribution in [2.45, 2.75) is 18.8 Å². The van der Waals surface area contributed by atoms with Crippen molar-refractivity contribution in [3.05, 3.63) is 89.4 Å². The van der Waals surface area contributed by atoms with Crippen molar-refractivity contribution in [2.75, 3.05) is 5.32 Å². The number of nitrogens with one attached hydrogen (secondary N) is 2. The van der Waals surface area contributed by atoms with E-state index in [9.17, 15) is 4.79 Å². The van der Waals surface area contributed by atoms with Crippen molar-refractivity contribution in [3.8, 4) is 28.1 Å². The van der Waals surface area contributed by atoms with Crippen molar-refractivity contribution in [1.29, 1.82) is 0 Å². The highest BCUT2D eigenvalue weighted by Gasteiger charge is 2.28. The number of aryl methyl sites for hydroxylation is 1. The van der Waals surface area contributed by atoms with E-state index >= 15 is 0 Å². The number of benzene rings is 2. The molecule has 0 radical (unpaired) electrons. The number of carboxylic acid groups (broad SMARTS) is 1. The fourth-order valence-corrected chi connectivity index (χ4v) is 4.79. The summed E-state index contributed by atoms with van der Waals surface area (Å²) in [5.74, 6) is 0.919. The zero-order valence-electron chi connectivity index (χ0n) is 18.8. The summed E-state index contributed by atoms with van der Waals surface area (Å²) in [6.07, 6.45) is 5.89. The van der Waals surface area contributed by atoms with Gasteiger partial charge in [0.2, 0.25) is 0 Å². The number of anilines is 1. The highest BCUT2D eigenvalue weighted by Crippen LogP contribution is 2.39. The Kier molecular flexibility index (Phi) is 5.42. The Balaban J connectivity index is 1.28. The number of H-pyrrole nitrogens is 1. The van der Waals surface area contributed by atoms with Crippen LogP contribution in [0.4, 0.5) is 10.5 Å². The van der Waals surface area contributed by atoms with Crippen LogP contribution in [0.25, 0.3) is 28.1 Å². The molecule has 36 heavy (non-hydrogen) atoms. The first-order valence-corrected chi connectivity index (χ1v) is 11.6. The number of rotatable bonds is 5. The van der Waals surface area contributed by atoms with Crippen molar-refractivity contribution >= 4 is 23.4 Å². The Morgan fingerprint density at radius 1 is 1.08 bits per heavy atom. The minimum absolute atomic E-state index is 0.0640. The molecule has 0 spiro atoms. The minimum Gasteiger partial charge on any atom is -0.465 e. The van der Waals surface area contributed by atoms with E-state index in [0.717, 1.165) is 52.4 Å². The molecule has 10 nitrogen and oxygen atoms in total. The van der Waals surface area contributed by atoms with Crippen LogP contribution in [-0.2, 0) is 6.42 Å². The van der Waals surface area contributed by atoms with Gasteiger partial charge in [-0.25, -0.2) is 9.78 Å². The molecule has 1 atom stereocenters. The number of fused-ring (bicyclic) bond motifs is 1. The number of hydrogen-bond acceptors (Lipinski definition) is 6. The van der Waals surface area contributed by atoms with Crippen molar-refractivity contribution < 1.29 is 9.90 Å². The summed E-state index contributed by atoms with van der Waals surface area (Å²) >= 11 is 6.31. The number of carbonyl (C=O) groups is 1. The van der Waals surface area contributed by atoms with E-state index in [0.29, 0.717) is 10.7 Å². The molecular weight excluding hydrogens is 480 g/mol. The number of halogens is 1. The summed E-state index contributed by atoms with van der Waals surface area (Å²) in [7, 11) is 0. The van der Waals surface area contributed by atoms with Crippen molar-refractivity contribution in [1.82, 2.24) is 35.2 Å². The third kappa shape index (κ3) is 4.07. The van der Waals surface area contributed by atoms with Gasteiger partial charge < -0.3 is 10.1 Å².